The van der Waals surface area contributed by atoms with Gasteiger partial charge in [0.05, 0.1) is 12.2 Å². The molecular formula is C13H9ClFN3. The summed E-state index contributed by atoms with van der Waals surface area (Å²) >= 11 is 5.84. The molecule has 2 aromatic rings. The molecule has 18 heavy (non-hydrogen) atoms. The number of nitrogens with zero attached hydrogens (tertiary/aromatic N) is 2. The van der Waals surface area contributed by atoms with Gasteiger partial charge in [-0.05, 0) is 24.3 Å². The first kappa shape index (κ1) is 11.2. The highest BCUT2D eigenvalue weighted by Crippen LogP contribution is 2.22. The zero-order valence-corrected chi connectivity index (χ0v) is 10.1. The Balaban J connectivity index is 1.93. The second kappa shape index (κ2) is 4.38. The summed E-state index contributed by atoms with van der Waals surface area (Å²) in [7, 11) is 0. The van der Waals surface area contributed by atoms with Crippen LogP contribution in [0.3, 0.4) is 0 Å². The third-order valence-electron chi connectivity index (χ3n) is 2.70. The summed E-state index contributed by atoms with van der Waals surface area (Å²) in [6.07, 6.45) is 1.69. The molecular weight excluding hydrogens is 253 g/mol. The Morgan fingerprint density at radius 3 is 3.06 bits per heavy atom. The van der Waals surface area contributed by atoms with Crippen molar-refractivity contribution in [3.63, 3.8) is 0 Å². The van der Waals surface area contributed by atoms with Crippen LogP contribution < -0.4 is 5.32 Å². The molecule has 0 atom stereocenters. The quantitative estimate of drug-likeness (QED) is 0.856. The van der Waals surface area contributed by atoms with Gasteiger partial charge in [0.1, 0.15) is 11.5 Å². The van der Waals surface area contributed by atoms with Crippen LogP contribution in [0.2, 0.25) is 5.02 Å². The standard InChI is InChI=1S/C13H9ClFN3/c14-9-3-4-10(15)11(6-9)18-13-12-8(7-17-13)2-1-5-16-12/h1-6H,7H2,(H,17,18). The number of anilines is 1. The van der Waals surface area contributed by atoms with Crippen LogP contribution in [0.25, 0.3) is 0 Å². The zero-order chi connectivity index (χ0) is 12.5. The fourth-order valence-electron chi connectivity index (χ4n) is 1.84. The molecule has 3 rings (SSSR count). The molecule has 0 saturated carbocycles. The second-order valence-corrected chi connectivity index (χ2v) is 4.36. The third-order valence-corrected chi connectivity index (χ3v) is 2.94. The topological polar surface area (TPSA) is 37.3 Å². The molecule has 0 bridgehead atoms. The van der Waals surface area contributed by atoms with Gasteiger partial charge in [0.25, 0.3) is 0 Å². The predicted molar refractivity (Wildman–Crippen MR) is 69.5 cm³/mol. The molecule has 2 heterocycles. The van der Waals surface area contributed by atoms with Crippen molar-refractivity contribution in [3.8, 4) is 0 Å². The van der Waals surface area contributed by atoms with E-state index in [2.05, 4.69) is 15.3 Å². The van der Waals surface area contributed by atoms with E-state index >= 15 is 0 Å². The number of aromatic nitrogens is 1. The molecule has 0 saturated heterocycles. The summed E-state index contributed by atoms with van der Waals surface area (Å²) in [6.45, 7) is 0.563. The molecule has 5 heteroatoms. The highest BCUT2D eigenvalue weighted by Gasteiger charge is 2.17. The molecule has 0 radical (unpaired) electrons. The van der Waals surface area contributed by atoms with Crippen LogP contribution in [-0.4, -0.2) is 10.8 Å². The summed E-state index contributed by atoms with van der Waals surface area (Å²) in [5.74, 6) is 0.207. The van der Waals surface area contributed by atoms with E-state index in [1.807, 2.05) is 12.1 Å². The highest BCUT2D eigenvalue weighted by molar-refractivity contribution is 6.31. The van der Waals surface area contributed by atoms with E-state index in [0.29, 0.717) is 23.1 Å². The van der Waals surface area contributed by atoms with Crippen LogP contribution in [-0.2, 0) is 6.54 Å². The van der Waals surface area contributed by atoms with Gasteiger partial charge in [-0.25, -0.2) is 4.39 Å². The van der Waals surface area contributed by atoms with Gasteiger partial charge >= 0.3 is 0 Å². The van der Waals surface area contributed by atoms with Gasteiger partial charge in [-0.2, -0.15) is 0 Å². The third kappa shape index (κ3) is 1.95. The van der Waals surface area contributed by atoms with Crippen LogP contribution >= 0.6 is 11.6 Å². The minimum Gasteiger partial charge on any atom is -0.336 e. The lowest BCUT2D eigenvalue weighted by Crippen LogP contribution is -2.14. The normalized spacial score (nSPS) is 13.1. The Bertz CT molecular complexity index is 640. The Hall–Kier alpha value is -1.94. The van der Waals surface area contributed by atoms with Crippen molar-refractivity contribution in [2.75, 3.05) is 5.32 Å². The maximum atomic E-state index is 13.6. The number of nitrogens with one attached hydrogen (secondary N) is 1. The minimum atomic E-state index is -0.369. The van der Waals surface area contributed by atoms with E-state index in [0.717, 1.165) is 11.3 Å². The second-order valence-electron chi connectivity index (χ2n) is 3.93. The van der Waals surface area contributed by atoms with E-state index < -0.39 is 0 Å². The Kier molecular flexibility index (Phi) is 2.72. The molecule has 3 nitrogen and oxygen atoms in total. The predicted octanol–water partition coefficient (Wildman–Crippen LogP) is 3.25. The molecule has 1 aromatic heterocycles. The van der Waals surface area contributed by atoms with Gasteiger partial charge in [0.2, 0.25) is 0 Å². The van der Waals surface area contributed by atoms with Crippen molar-refractivity contribution in [1.82, 2.24) is 4.98 Å². The fourth-order valence-corrected chi connectivity index (χ4v) is 2.01. The molecule has 0 unspecified atom stereocenters. The van der Waals surface area contributed by atoms with Crippen LogP contribution in [0.1, 0.15) is 11.3 Å². The van der Waals surface area contributed by atoms with Crippen LogP contribution in [0.4, 0.5) is 10.1 Å². The lowest BCUT2D eigenvalue weighted by Gasteiger charge is -2.08. The SMILES string of the molecule is Fc1ccc(Cl)cc1NC1=NCc2cccnc21. The molecule has 1 aliphatic heterocycles. The first-order valence-electron chi connectivity index (χ1n) is 5.45. The number of halogens is 2. The minimum absolute atomic E-state index is 0.305. The summed E-state index contributed by atoms with van der Waals surface area (Å²) in [5, 5.41) is 3.41. The maximum Gasteiger partial charge on any atom is 0.152 e. The first-order chi connectivity index (χ1) is 8.74. The van der Waals surface area contributed by atoms with Crippen LogP contribution in [0, 0.1) is 5.82 Å². The summed E-state index contributed by atoms with van der Waals surface area (Å²) in [4.78, 5) is 8.54. The molecule has 0 aliphatic carbocycles. The van der Waals surface area contributed by atoms with Crippen LogP contribution in [0.15, 0.2) is 41.5 Å². The van der Waals surface area contributed by atoms with Gasteiger partial charge in [-0.15, -0.1) is 0 Å². The van der Waals surface area contributed by atoms with E-state index in [9.17, 15) is 4.39 Å². The van der Waals surface area contributed by atoms with E-state index in [1.165, 1.54) is 18.2 Å². The summed E-state index contributed by atoms with van der Waals surface area (Å²) in [5.41, 5.74) is 2.10. The Labute approximate surface area is 108 Å². The summed E-state index contributed by atoms with van der Waals surface area (Å²) < 4.78 is 13.6. The number of benzene rings is 1. The molecule has 1 aromatic carbocycles. The molecule has 1 aliphatic rings. The van der Waals surface area contributed by atoms with E-state index in [-0.39, 0.29) is 5.82 Å². The average molecular weight is 262 g/mol. The highest BCUT2D eigenvalue weighted by atomic mass is 35.5. The molecule has 0 amide bonds. The van der Waals surface area contributed by atoms with Gasteiger partial charge in [-0.1, -0.05) is 17.7 Å². The lowest BCUT2D eigenvalue weighted by atomic mass is 10.2. The lowest BCUT2D eigenvalue weighted by molar-refractivity contribution is 0.632. The number of rotatable bonds is 1. The van der Waals surface area contributed by atoms with E-state index in [1.54, 1.807) is 6.20 Å². The number of hydrogen-bond donors (Lipinski definition) is 1. The number of amidine groups is 1. The zero-order valence-electron chi connectivity index (χ0n) is 9.32. The Morgan fingerprint density at radius 2 is 2.17 bits per heavy atom. The van der Waals surface area contributed by atoms with Crippen molar-refractivity contribution in [2.45, 2.75) is 6.54 Å². The number of fused-ring (bicyclic) bond motifs is 1. The monoisotopic (exact) mass is 261 g/mol. The van der Waals surface area contributed by atoms with Crippen LogP contribution in [0.5, 0.6) is 0 Å². The fraction of sp³-hybridized carbons (Fsp3) is 0.0769. The van der Waals surface area contributed by atoms with Gasteiger partial charge < -0.3 is 5.32 Å². The summed E-state index contributed by atoms with van der Waals surface area (Å²) in [6, 6.07) is 8.16. The van der Waals surface area contributed by atoms with Crippen molar-refractivity contribution < 1.29 is 4.39 Å². The molecule has 0 fully saturated rings. The molecule has 0 spiro atoms. The first-order valence-corrected chi connectivity index (χ1v) is 5.82. The molecule has 90 valence electrons. The Morgan fingerprint density at radius 1 is 1.28 bits per heavy atom. The number of pyridine rings is 1. The number of aliphatic imine (C=N–C) groups is 1. The van der Waals surface area contributed by atoms with E-state index in [4.69, 9.17) is 11.6 Å². The van der Waals surface area contributed by atoms with Crippen molar-refractivity contribution in [2.24, 2.45) is 4.99 Å². The van der Waals surface area contributed by atoms with Crippen molar-refractivity contribution in [3.05, 3.63) is 58.6 Å². The smallest absolute Gasteiger partial charge is 0.152 e. The van der Waals surface area contributed by atoms with Crippen molar-refractivity contribution in [1.29, 1.82) is 0 Å². The van der Waals surface area contributed by atoms with Crippen molar-refractivity contribution >= 4 is 23.1 Å². The van der Waals surface area contributed by atoms with Gasteiger partial charge in [0, 0.05) is 16.8 Å². The van der Waals surface area contributed by atoms with Gasteiger partial charge in [0.15, 0.2) is 5.84 Å². The molecule has 1 N–H and O–H groups in total. The largest absolute Gasteiger partial charge is 0.336 e. The average Bonchev–Trinajstić information content (AvgIpc) is 2.78. The number of hydrogen-bond acceptors (Lipinski definition) is 3. The van der Waals surface area contributed by atoms with Gasteiger partial charge in [-0.3, -0.25) is 9.98 Å². The maximum absolute atomic E-state index is 13.6.